The number of rotatable bonds is 7. The summed E-state index contributed by atoms with van der Waals surface area (Å²) in [6.45, 7) is 1.81. The van der Waals surface area contributed by atoms with Crippen molar-refractivity contribution in [1.82, 2.24) is 4.90 Å². The normalized spacial score (nSPS) is 15.9. The van der Waals surface area contributed by atoms with E-state index in [0.717, 1.165) is 22.2 Å². The molecule has 0 aromatic heterocycles. The standard InChI is InChI=1S/C26H20ClNO8S2/c1-15-6-8-18(9-7-15)38(31,32)36-24-16(4-3-5-20(24)33-2)11-23-25(29)28(26(30)37-23)13-17-10-21-22(12-19(17)27)35-14-34-21/h3-12H,13-14H2,1-2H3/b23-11-. The number of hydrogen-bond acceptors (Lipinski definition) is 9. The Hall–Kier alpha value is -3.67. The monoisotopic (exact) mass is 573 g/mol. The highest BCUT2D eigenvalue weighted by Gasteiger charge is 2.36. The number of benzene rings is 3. The fourth-order valence-electron chi connectivity index (χ4n) is 3.79. The number of imide groups is 1. The molecule has 9 nitrogen and oxygen atoms in total. The van der Waals surface area contributed by atoms with Gasteiger partial charge < -0.3 is 18.4 Å². The first-order chi connectivity index (χ1) is 18.2. The number of amides is 2. The Kier molecular flexibility index (Phi) is 6.99. The average molecular weight is 574 g/mol. The van der Waals surface area contributed by atoms with Crippen LogP contribution in [0, 0.1) is 6.92 Å². The summed E-state index contributed by atoms with van der Waals surface area (Å²) in [4.78, 5) is 27.0. The van der Waals surface area contributed by atoms with Crippen molar-refractivity contribution in [2.75, 3.05) is 13.9 Å². The van der Waals surface area contributed by atoms with Crippen LogP contribution in [0.5, 0.6) is 23.0 Å². The number of methoxy groups -OCH3 is 1. The second-order valence-electron chi connectivity index (χ2n) is 8.29. The molecule has 5 rings (SSSR count). The molecule has 1 saturated heterocycles. The fraction of sp³-hybridized carbons (Fsp3) is 0.154. The van der Waals surface area contributed by atoms with Gasteiger partial charge in [-0.1, -0.05) is 41.4 Å². The first-order valence-corrected chi connectivity index (χ1v) is 13.8. The average Bonchev–Trinajstić information content (AvgIpc) is 3.44. The molecule has 2 aliphatic rings. The quantitative estimate of drug-likeness (QED) is 0.271. The van der Waals surface area contributed by atoms with Crippen molar-refractivity contribution < 1.29 is 36.4 Å². The maximum Gasteiger partial charge on any atom is 0.339 e. The van der Waals surface area contributed by atoms with Crippen molar-refractivity contribution in [3.05, 3.63) is 81.2 Å². The summed E-state index contributed by atoms with van der Waals surface area (Å²) in [5, 5.41) is -0.185. The van der Waals surface area contributed by atoms with Crippen LogP contribution in [-0.2, 0) is 21.5 Å². The van der Waals surface area contributed by atoms with Crippen molar-refractivity contribution in [3.63, 3.8) is 0 Å². The van der Waals surface area contributed by atoms with Gasteiger partial charge in [0.1, 0.15) is 4.90 Å². The lowest BCUT2D eigenvalue weighted by atomic mass is 10.1. The molecule has 12 heteroatoms. The zero-order valence-electron chi connectivity index (χ0n) is 20.1. The number of thioether (sulfide) groups is 1. The number of para-hydroxylation sites is 1. The van der Waals surface area contributed by atoms with E-state index < -0.39 is 21.3 Å². The van der Waals surface area contributed by atoms with Gasteiger partial charge in [0, 0.05) is 16.7 Å². The zero-order chi connectivity index (χ0) is 27.0. The van der Waals surface area contributed by atoms with Gasteiger partial charge in [0.05, 0.1) is 18.6 Å². The maximum absolute atomic E-state index is 13.2. The maximum atomic E-state index is 13.2. The molecule has 0 bridgehead atoms. The van der Waals surface area contributed by atoms with Crippen molar-refractivity contribution in [3.8, 4) is 23.0 Å². The first-order valence-electron chi connectivity index (χ1n) is 11.2. The summed E-state index contributed by atoms with van der Waals surface area (Å²) >= 11 is 7.05. The number of carbonyl (C=O) groups excluding carboxylic acids is 2. The molecule has 0 saturated carbocycles. The van der Waals surface area contributed by atoms with Crippen molar-refractivity contribution in [2.45, 2.75) is 18.4 Å². The molecule has 38 heavy (non-hydrogen) atoms. The van der Waals surface area contributed by atoms with E-state index in [0.29, 0.717) is 22.1 Å². The van der Waals surface area contributed by atoms with Gasteiger partial charge in [-0.15, -0.1) is 0 Å². The van der Waals surface area contributed by atoms with E-state index in [2.05, 4.69) is 0 Å². The van der Waals surface area contributed by atoms with Crippen LogP contribution in [0.4, 0.5) is 4.79 Å². The molecule has 196 valence electrons. The molecule has 1 fully saturated rings. The van der Waals surface area contributed by atoms with Crippen LogP contribution in [0.15, 0.2) is 64.4 Å². The van der Waals surface area contributed by atoms with Crippen LogP contribution in [0.1, 0.15) is 16.7 Å². The summed E-state index contributed by atoms with van der Waals surface area (Å²) < 4.78 is 47.4. The third kappa shape index (κ3) is 5.04. The third-order valence-electron chi connectivity index (χ3n) is 5.76. The Balaban J connectivity index is 1.45. The van der Waals surface area contributed by atoms with E-state index >= 15 is 0 Å². The van der Waals surface area contributed by atoms with Crippen LogP contribution in [0.3, 0.4) is 0 Å². The van der Waals surface area contributed by atoms with Gasteiger partial charge in [-0.05, 0) is 54.6 Å². The Morgan fingerprint density at radius 3 is 2.50 bits per heavy atom. The number of ether oxygens (including phenoxy) is 3. The summed E-state index contributed by atoms with van der Waals surface area (Å²) in [5.41, 5.74) is 1.64. The molecule has 0 atom stereocenters. The van der Waals surface area contributed by atoms with Gasteiger partial charge in [-0.2, -0.15) is 8.42 Å². The third-order valence-corrected chi connectivity index (χ3v) is 8.26. The van der Waals surface area contributed by atoms with Gasteiger partial charge in [-0.3, -0.25) is 14.5 Å². The van der Waals surface area contributed by atoms with Gasteiger partial charge in [-0.25, -0.2) is 0 Å². The van der Waals surface area contributed by atoms with Gasteiger partial charge >= 0.3 is 10.1 Å². The largest absolute Gasteiger partial charge is 0.493 e. The Labute approximate surface area is 228 Å². The van der Waals surface area contributed by atoms with Crippen LogP contribution in [0.25, 0.3) is 6.08 Å². The molecule has 2 amide bonds. The van der Waals surface area contributed by atoms with E-state index in [1.54, 1.807) is 36.4 Å². The second-order valence-corrected chi connectivity index (χ2v) is 11.2. The highest BCUT2D eigenvalue weighted by atomic mass is 35.5. The van der Waals surface area contributed by atoms with Gasteiger partial charge in [0.25, 0.3) is 11.1 Å². The summed E-state index contributed by atoms with van der Waals surface area (Å²) in [7, 11) is -2.85. The minimum absolute atomic E-state index is 0.0408. The van der Waals surface area contributed by atoms with E-state index in [1.165, 1.54) is 31.4 Å². The minimum Gasteiger partial charge on any atom is -0.493 e. The van der Waals surface area contributed by atoms with E-state index in [9.17, 15) is 18.0 Å². The summed E-state index contributed by atoms with van der Waals surface area (Å²) in [6, 6.07) is 14.1. The molecule has 3 aromatic carbocycles. The molecule has 0 spiro atoms. The van der Waals surface area contributed by atoms with Crippen LogP contribution >= 0.6 is 23.4 Å². The molecular formula is C26H20ClNO8S2. The molecule has 0 N–H and O–H groups in total. The highest BCUT2D eigenvalue weighted by molar-refractivity contribution is 8.18. The first kappa shape index (κ1) is 26.0. The van der Waals surface area contributed by atoms with Crippen molar-refractivity contribution >= 4 is 50.7 Å². The molecule has 2 aliphatic heterocycles. The van der Waals surface area contributed by atoms with Crippen molar-refractivity contribution in [2.24, 2.45) is 0 Å². The SMILES string of the molecule is COc1cccc(/C=C2\SC(=O)N(Cc3cc4c(cc3Cl)OCO4)C2=O)c1OS(=O)(=O)c1ccc(C)cc1. The Morgan fingerprint density at radius 1 is 1.08 bits per heavy atom. The minimum atomic E-state index is -4.22. The lowest BCUT2D eigenvalue weighted by Gasteiger charge is -2.15. The molecular weight excluding hydrogens is 554 g/mol. The summed E-state index contributed by atoms with van der Waals surface area (Å²) in [5.74, 6) is 0.421. The van der Waals surface area contributed by atoms with E-state index in [-0.39, 0.29) is 40.2 Å². The Bertz CT molecular complexity index is 1590. The predicted octanol–water partition coefficient (Wildman–Crippen LogP) is 5.39. The second kappa shape index (κ2) is 10.2. The number of fused-ring (bicyclic) bond motifs is 1. The van der Waals surface area contributed by atoms with Crippen LogP contribution in [0.2, 0.25) is 5.02 Å². The Morgan fingerprint density at radius 2 is 1.79 bits per heavy atom. The number of aryl methyl sites for hydroxylation is 1. The van der Waals surface area contributed by atoms with Crippen LogP contribution < -0.4 is 18.4 Å². The summed E-state index contributed by atoms with van der Waals surface area (Å²) in [6.07, 6.45) is 1.40. The number of nitrogens with zero attached hydrogens (tertiary/aromatic N) is 1. The van der Waals surface area contributed by atoms with Gasteiger partial charge in [0.15, 0.2) is 23.0 Å². The zero-order valence-corrected chi connectivity index (χ0v) is 22.5. The van der Waals surface area contributed by atoms with E-state index in [1.807, 2.05) is 6.92 Å². The lowest BCUT2D eigenvalue weighted by Crippen LogP contribution is -2.27. The molecule has 0 aliphatic carbocycles. The predicted molar refractivity (Wildman–Crippen MR) is 141 cm³/mol. The fourth-order valence-corrected chi connectivity index (χ4v) is 5.79. The van der Waals surface area contributed by atoms with E-state index in [4.69, 9.17) is 30.0 Å². The molecule has 0 unspecified atom stereocenters. The molecule has 0 radical (unpaired) electrons. The smallest absolute Gasteiger partial charge is 0.339 e. The lowest BCUT2D eigenvalue weighted by molar-refractivity contribution is -0.123. The van der Waals surface area contributed by atoms with Crippen molar-refractivity contribution in [1.29, 1.82) is 0 Å². The van der Waals surface area contributed by atoms with Gasteiger partial charge in [0.2, 0.25) is 6.79 Å². The molecule has 3 aromatic rings. The number of hydrogen-bond donors (Lipinski definition) is 0. The molecule has 2 heterocycles. The number of carbonyl (C=O) groups is 2. The number of halogens is 1. The van der Waals surface area contributed by atoms with Crippen LogP contribution in [-0.4, -0.2) is 38.4 Å². The highest BCUT2D eigenvalue weighted by Crippen LogP contribution is 2.41. The topological polar surface area (TPSA) is 108 Å².